The fraction of sp³-hybridized carbons (Fsp3) is 0.263. The number of rotatable bonds is 4. The summed E-state index contributed by atoms with van der Waals surface area (Å²) in [5.41, 5.74) is 4.13. The summed E-state index contributed by atoms with van der Waals surface area (Å²) in [5, 5.41) is 9.34. The summed E-state index contributed by atoms with van der Waals surface area (Å²) in [6, 6.07) is 13.0. The number of amides is 1. The van der Waals surface area contributed by atoms with Gasteiger partial charge in [0.15, 0.2) is 0 Å². The maximum atomic E-state index is 12.1. The molecule has 0 aliphatic carbocycles. The Hall–Kier alpha value is -2.62. The zero-order valence-electron chi connectivity index (χ0n) is 13.1. The Kier molecular flexibility index (Phi) is 4.15. The van der Waals surface area contributed by atoms with Crippen LogP contribution in [0.25, 0.3) is 11.1 Å². The highest BCUT2D eigenvalue weighted by atomic mass is 16.4. The first kappa shape index (κ1) is 15.3. The van der Waals surface area contributed by atoms with Crippen molar-refractivity contribution in [2.75, 3.05) is 0 Å². The first-order valence-corrected chi connectivity index (χ1v) is 7.82. The van der Waals surface area contributed by atoms with Gasteiger partial charge in [-0.3, -0.25) is 4.79 Å². The van der Waals surface area contributed by atoms with Gasteiger partial charge in [0.05, 0.1) is 5.56 Å². The molecular weight excluding hydrogens is 290 g/mol. The molecule has 1 N–H and O–H groups in total. The van der Waals surface area contributed by atoms with Crippen molar-refractivity contribution < 1.29 is 14.7 Å². The number of nitrogens with zero attached hydrogens (tertiary/aromatic N) is 1. The molecule has 3 rings (SSSR count). The maximum Gasteiger partial charge on any atom is 0.336 e. The van der Waals surface area contributed by atoms with E-state index in [1.807, 2.05) is 42.2 Å². The van der Waals surface area contributed by atoms with Crippen LogP contribution in [0.5, 0.6) is 0 Å². The summed E-state index contributed by atoms with van der Waals surface area (Å²) in [6.07, 6.45) is 1.42. The van der Waals surface area contributed by atoms with Gasteiger partial charge in [-0.2, -0.15) is 0 Å². The van der Waals surface area contributed by atoms with Gasteiger partial charge in [0.1, 0.15) is 0 Å². The van der Waals surface area contributed by atoms with E-state index in [2.05, 4.69) is 0 Å². The Morgan fingerprint density at radius 2 is 1.83 bits per heavy atom. The zero-order valence-corrected chi connectivity index (χ0v) is 13.1. The van der Waals surface area contributed by atoms with E-state index in [0.717, 1.165) is 23.1 Å². The average molecular weight is 309 g/mol. The first-order valence-electron chi connectivity index (χ1n) is 7.82. The van der Waals surface area contributed by atoms with E-state index in [-0.39, 0.29) is 5.91 Å². The summed E-state index contributed by atoms with van der Waals surface area (Å²) in [4.78, 5) is 25.3. The molecule has 0 radical (unpaired) electrons. The van der Waals surface area contributed by atoms with Crippen molar-refractivity contribution in [1.29, 1.82) is 0 Å². The summed E-state index contributed by atoms with van der Waals surface area (Å²) in [5.74, 6) is -0.753. The van der Waals surface area contributed by atoms with E-state index in [1.165, 1.54) is 0 Å². The summed E-state index contributed by atoms with van der Waals surface area (Å²) >= 11 is 0. The summed E-state index contributed by atoms with van der Waals surface area (Å²) in [6.45, 7) is 3.26. The van der Waals surface area contributed by atoms with Crippen molar-refractivity contribution in [3.8, 4) is 11.1 Å². The second-order valence-electron chi connectivity index (χ2n) is 5.83. The summed E-state index contributed by atoms with van der Waals surface area (Å²) < 4.78 is 0. The molecule has 23 heavy (non-hydrogen) atoms. The minimum absolute atomic E-state index is 0.177. The Balaban J connectivity index is 1.92. The third-order valence-corrected chi connectivity index (χ3v) is 4.21. The molecule has 118 valence electrons. The minimum Gasteiger partial charge on any atom is -0.478 e. The number of hydrogen-bond donors (Lipinski definition) is 1. The van der Waals surface area contributed by atoms with Gasteiger partial charge in [-0.05, 0) is 40.8 Å². The third-order valence-electron chi connectivity index (χ3n) is 4.21. The van der Waals surface area contributed by atoms with Crippen molar-refractivity contribution in [3.63, 3.8) is 0 Å². The number of carbonyl (C=O) groups excluding carboxylic acids is 1. The molecule has 1 heterocycles. The van der Waals surface area contributed by atoms with Crippen LogP contribution in [0.3, 0.4) is 0 Å². The predicted molar refractivity (Wildman–Crippen MR) is 88.0 cm³/mol. The lowest BCUT2D eigenvalue weighted by molar-refractivity contribution is -0.131. The van der Waals surface area contributed by atoms with Crippen molar-refractivity contribution >= 4 is 11.9 Å². The Morgan fingerprint density at radius 1 is 1.09 bits per heavy atom. The predicted octanol–water partition coefficient (Wildman–Crippen LogP) is 3.69. The molecule has 4 heteroatoms. The largest absolute Gasteiger partial charge is 0.478 e. The lowest BCUT2D eigenvalue weighted by Gasteiger charge is -2.14. The Bertz CT molecular complexity index is 767. The van der Waals surface area contributed by atoms with Gasteiger partial charge in [0.2, 0.25) is 5.91 Å². The van der Waals surface area contributed by atoms with Gasteiger partial charge in [-0.1, -0.05) is 37.3 Å². The molecule has 1 amide bonds. The molecule has 1 aliphatic rings. The van der Waals surface area contributed by atoms with Crippen LogP contribution in [-0.2, 0) is 17.9 Å². The molecule has 0 saturated heterocycles. The third kappa shape index (κ3) is 2.97. The molecule has 2 aromatic rings. The van der Waals surface area contributed by atoms with E-state index in [9.17, 15) is 14.7 Å². The first-order chi connectivity index (χ1) is 11.1. The van der Waals surface area contributed by atoms with Crippen LogP contribution in [0.15, 0.2) is 42.5 Å². The van der Waals surface area contributed by atoms with Crippen molar-refractivity contribution in [3.05, 3.63) is 59.2 Å². The highest BCUT2D eigenvalue weighted by Crippen LogP contribution is 2.30. The van der Waals surface area contributed by atoms with Crippen molar-refractivity contribution in [2.24, 2.45) is 0 Å². The molecule has 0 saturated carbocycles. The van der Waals surface area contributed by atoms with E-state index in [1.54, 1.807) is 12.1 Å². The molecule has 4 nitrogen and oxygen atoms in total. The molecule has 2 aromatic carbocycles. The van der Waals surface area contributed by atoms with E-state index >= 15 is 0 Å². The lowest BCUT2D eigenvalue weighted by atomic mass is 9.97. The van der Waals surface area contributed by atoms with E-state index in [0.29, 0.717) is 30.6 Å². The van der Waals surface area contributed by atoms with Crippen LogP contribution in [0, 0.1) is 0 Å². The molecule has 0 aromatic heterocycles. The number of carbonyl (C=O) groups is 2. The van der Waals surface area contributed by atoms with Crippen LogP contribution in [0.2, 0.25) is 0 Å². The van der Waals surface area contributed by atoms with Crippen LogP contribution < -0.4 is 0 Å². The van der Waals surface area contributed by atoms with Gasteiger partial charge < -0.3 is 10.0 Å². The van der Waals surface area contributed by atoms with Crippen LogP contribution in [0.1, 0.15) is 41.3 Å². The van der Waals surface area contributed by atoms with E-state index < -0.39 is 5.97 Å². The smallest absolute Gasteiger partial charge is 0.336 e. The van der Waals surface area contributed by atoms with Crippen LogP contribution in [0.4, 0.5) is 0 Å². The second-order valence-corrected chi connectivity index (χ2v) is 5.83. The second kappa shape index (κ2) is 6.24. The molecule has 0 unspecified atom stereocenters. The SMILES string of the molecule is CCCC(=O)N1Cc2ccc(-c3ccccc3C(=O)O)cc2C1. The van der Waals surface area contributed by atoms with Crippen LogP contribution >= 0.6 is 0 Å². The van der Waals surface area contributed by atoms with Gasteiger partial charge in [-0.25, -0.2) is 4.79 Å². The quantitative estimate of drug-likeness (QED) is 0.937. The highest BCUT2D eigenvalue weighted by molar-refractivity contribution is 5.96. The van der Waals surface area contributed by atoms with Crippen molar-refractivity contribution in [2.45, 2.75) is 32.9 Å². The summed E-state index contributed by atoms with van der Waals surface area (Å²) in [7, 11) is 0. The molecule has 0 bridgehead atoms. The number of aromatic carboxylic acids is 1. The molecule has 0 spiro atoms. The van der Waals surface area contributed by atoms with Crippen LogP contribution in [-0.4, -0.2) is 21.9 Å². The van der Waals surface area contributed by atoms with Gasteiger partial charge in [-0.15, -0.1) is 0 Å². The van der Waals surface area contributed by atoms with Crippen molar-refractivity contribution in [1.82, 2.24) is 4.90 Å². The number of benzene rings is 2. The molecule has 1 aliphatic heterocycles. The average Bonchev–Trinajstić information content (AvgIpc) is 2.98. The standard InChI is InChI=1S/C19H19NO3/c1-2-5-18(21)20-11-14-9-8-13(10-15(14)12-20)16-6-3-4-7-17(16)19(22)23/h3-4,6-10H,2,5,11-12H2,1H3,(H,22,23). The number of fused-ring (bicyclic) bond motifs is 1. The van der Waals surface area contributed by atoms with Gasteiger partial charge in [0, 0.05) is 19.5 Å². The highest BCUT2D eigenvalue weighted by Gasteiger charge is 2.23. The maximum absolute atomic E-state index is 12.1. The fourth-order valence-corrected chi connectivity index (χ4v) is 3.03. The van der Waals surface area contributed by atoms with Gasteiger partial charge in [0.25, 0.3) is 0 Å². The molecule has 0 fully saturated rings. The van der Waals surface area contributed by atoms with E-state index in [4.69, 9.17) is 0 Å². The number of carboxylic acids is 1. The monoisotopic (exact) mass is 309 g/mol. The minimum atomic E-state index is -0.930. The topological polar surface area (TPSA) is 57.6 Å². The Morgan fingerprint density at radius 3 is 2.57 bits per heavy atom. The fourth-order valence-electron chi connectivity index (χ4n) is 3.03. The Labute approximate surface area is 135 Å². The molecule has 0 atom stereocenters. The zero-order chi connectivity index (χ0) is 16.4. The normalized spacial score (nSPS) is 13.0. The van der Waals surface area contributed by atoms with Gasteiger partial charge >= 0.3 is 5.97 Å². The lowest BCUT2D eigenvalue weighted by Crippen LogP contribution is -2.24. The molecular formula is C19H19NO3. The number of carboxylic acid groups (broad SMARTS) is 1. The number of hydrogen-bond acceptors (Lipinski definition) is 2.